The van der Waals surface area contributed by atoms with Gasteiger partial charge in [-0.3, -0.25) is 19.5 Å². The summed E-state index contributed by atoms with van der Waals surface area (Å²) in [7, 11) is 0. The lowest BCUT2D eigenvalue weighted by Crippen LogP contribution is -2.71. The fourth-order valence-corrected chi connectivity index (χ4v) is 7.10. The number of thiazole rings is 1. The van der Waals surface area contributed by atoms with Gasteiger partial charge in [0.1, 0.15) is 35.2 Å². The van der Waals surface area contributed by atoms with Gasteiger partial charge in [0.25, 0.3) is 11.8 Å². The number of thioether (sulfide) groups is 1. The van der Waals surface area contributed by atoms with E-state index in [0.717, 1.165) is 30.6 Å². The highest BCUT2D eigenvalue weighted by molar-refractivity contribution is 8.00. The van der Waals surface area contributed by atoms with Crippen molar-refractivity contribution in [2.45, 2.75) is 36.8 Å². The summed E-state index contributed by atoms with van der Waals surface area (Å²) in [5, 5.41) is 23.9. The molecule has 1 aromatic heterocycles. The molecular formula is C23H27N9O5S3. The fourth-order valence-electron chi connectivity index (χ4n) is 4.29. The van der Waals surface area contributed by atoms with Gasteiger partial charge in [-0.05, 0) is 42.9 Å². The summed E-state index contributed by atoms with van der Waals surface area (Å²) in [6.07, 6.45) is 9.60. The molecule has 212 valence electrons. The minimum atomic E-state index is -1.21. The number of carbonyl (C=O) groups is 3. The van der Waals surface area contributed by atoms with Crippen molar-refractivity contribution >= 4 is 70.0 Å². The minimum Gasteiger partial charge on any atom is -0.477 e. The molecule has 2 amide bonds. The summed E-state index contributed by atoms with van der Waals surface area (Å²) in [5.41, 5.74) is 9.39. The number of anilines is 1. The zero-order valence-electron chi connectivity index (χ0n) is 21.1. The number of oxime groups is 1. The van der Waals surface area contributed by atoms with Crippen LogP contribution in [0.2, 0.25) is 0 Å². The molecule has 3 atom stereocenters. The molecule has 3 aliphatic heterocycles. The van der Waals surface area contributed by atoms with E-state index in [1.807, 2.05) is 12.2 Å². The van der Waals surface area contributed by atoms with Gasteiger partial charge in [-0.15, -0.1) is 44.8 Å². The first kappa shape index (κ1) is 28.0. The highest BCUT2D eigenvalue weighted by Gasteiger charge is 2.54. The molecule has 0 spiro atoms. The number of nitrogens with zero attached hydrogens (tertiary/aromatic N) is 6. The number of aliphatic carboxylic acids is 1. The second-order valence-corrected chi connectivity index (χ2v) is 11.8. The lowest BCUT2D eigenvalue weighted by molar-refractivity contribution is -0.150. The van der Waals surface area contributed by atoms with E-state index >= 15 is 0 Å². The van der Waals surface area contributed by atoms with Gasteiger partial charge < -0.3 is 21.0 Å². The molecule has 17 heteroatoms. The zero-order chi connectivity index (χ0) is 28.2. The van der Waals surface area contributed by atoms with E-state index < -0.39 is 29.2 Å². The first-order valence-electron chi connectivity index (χ1n) is 12.3. The number of hydrazine groups is 2. The standard InChI is InChI=1S/C23H27N9O5S3/c1-2-8-30-12-25-32(29-30)40-10-13-9-38-21-17(20(34)31(21)18(13)22(35)36)27-19(33)16(15-11-39-23(24)26-15)28-37-14-6-4-3-5-7-14/h2,4,6,11-12,14,17,21,29H,1,3,5,7-10H2,(H2,24,26)(H,27,33)(H,35,36)/t14?,17?,21-/m1/s1. The molecule has 0 aromatic carbocycles. The van der Waals surface area contributed by atoms with Crippen LogP contribution in [0.1, 0.15) is 25.0 Å². The van der Waals surface area contributed by atoms with Gasteiger partial charge in [-0.1, -0.05) is 17.3 Å². The Morgan fingerprint density at radius 1 is 1.45 bits per heavy atom. The number of rotatable bonds is 11. The van der Waals surface area contributed by atoms with Gasteiger partial charge in [0.15, 0.2) is 10.8 Å². The number of amides is 2. The van der Waals surface area contributed by atoms with Crippen LogP contribution >= 0.6 is 35.0 Å². The monoisotopic (exact) mass is 605 g/mol. The third kappa shape index (κ3) is 5.96. The molecule has 5 N–H and O–H groups in total. The highest BCUT2D eigenvalue weighted by Crippen LogP contribution is 2.41. The van der Waals surface area contributed by atoms with Crippen LogP contribution in [0, 0.1) is 0 Å². The van der Waals surface area contributed by atoms with Crippen molar-refractivity contribution < 1.29 is 24.3 Å². The summed E-state index contributed by atoms with van der Waals surface area (Å²) < 4.78 is 1.50. The summed E-state index contributed by atoms with van der Waals surface area (Å²) in [6.45, 7) is 4.22. The van der Waals surface area contributed by atoms with Gasteiger partial charge in [0.2, 0.25) is 0 Å². The maximum Gasteiger partial charge on any atom is 0.352 e. The fraction of sp³-hybridized carbons (Fsp3) is 0.391. The lowest BCUT2D eigenvalue weighted by Gasteiger charge is -2.49. The van der Waals surface area contributed by atoms with Crippen molar-refractivity contribution in [1.29, 1.82) is 0 Å². The Bertz CT molecular complexity index is 1310. The molecule has 14 nitrogen and oxygen atoms in total. The Morgan fingerprint density at radius 2 is 2.30 bits per heavy atom. The summed E-state index contributed by atoms with van der Waals surface area (Å²) in [5.74, 6) is -1.73. The van der Waals surface area contributed by atoms with E-state index in [9.17, 15) is 19.5 Å². The largest absolute Gasteiger partial charge is 0.477 e. The Hall–Kier alpha value is -3.54. The third-order valence-corrected chi connectivity index (χ3v) is 9.11. The van der Waals surface area contributed by atoms with Crippen LogP contribution in [0.5, 0.6) is 0 Å². The van der Waals surface area contributed by atoms with Gasteiger partial charge >= 0.3 is 5.97 Å². The Kier molecular flexibility index (Phi) is 8.63. The van der Waals surface area contributed by atoms with E-state index in [1.54, 1.807) is 22.8 Å². The maximum atomic E-state index is 13.3. The van der Waals surface area contributed by atoms with E-state index in [2.05, 4.69) is 32.7 Å². The van der Waals surface area contributed by atoms with Gasteiger partial charge in [-0.25, -0.2) is 9.78 Å². The van der Waals surface area contributed by atoms with Gasteiger partial charge in [0, 0.05) is 16.9 Å². The Labute approximate surface area is 242 Å². The molecule has 0 bridgehead atoms. The molecule has 2 unspecified atom stereocenters. The zero-order valence-corrected chi connectivity index (χ0v) is 23.6. The first-order valence-corrected chi connectivity index (χ1v) is 15.2. The predicted molar refractivity (Wildman–Crippen MR) is 153 cm³/mol. The van der Waals surface area contributed by atoms with Crippen molar-refractivity contribution in [3.8, 4) is 0 Å². The number of nitrogen functional groups attached to an aromatic ring is 1. The van der Waals surface area contributed by atoms with Crippen LogP contribution in [-0.4, -0.2) is 89.9 Å². The van der Waals surface area contributed by atoms with E-state index in [4.69, 9.17) is 10.6 Å². The normalized spacial score (nSPS) is 24.2. The summed E-state index contributed by atoms with van der Waals surface area (Å²) in [6, 6.07) is -0.936. The number of fused-ring (bicyclic) bond motifs is 1. The second kappa shape index (κ2) is 12.3. The average molecular weight is 606 g/mol. The van der Waals surface area contributed by atoms with Crippen molar-refractivity contribution in [2.75, 3.05) is 23.8 Å². The van der Waals surface area contributed by atoms with Gasteiger partial charge in [-0.2, -0.15) is 0 Å². The molecule has 1 aliphatic carbocycles. The van der Waals surface area contributed by atoms with Gasteiger partial charge in [0.05, 0.1) is 6.54 Å². The van der Waals surface area contributed by atoms with Crippen molar-refractivity contribution in [2.24, 2.45) is 10.3 Å². The second-order valence-electron chi connectivity index (χ2n) is 8.95. The third-order valence-electron chi connectivity index (χ3n) is 6.20. The number of hydrazone groups is 1. The Balaban J connectivity index is 1.26. The smallest absolute Gasteiger partial charge is 0.352 e. The molecule has 4 heterocycles. The van der Waals surface area contributed by atoms with E-state index in [0.29, 0.717) is 23.6 Å². The van der Waals surface area contributed by atoms with Crippen molar-refractivity contribution in [3.05, 3.63) is 47.2 Å². The molecule has 40 heavy (non-hydrogen) atoms. The minimum absolute atomic E-state index is 0.0774. The highest BCUT2D eigenvalue weighted by atomic mass is 32.2. The average Bonchev–Trinajstić information content (AvgIpc) is 3.59. The van der Waals surface area contributed by atoms with E-state index in [-0.39, 0.29) is 28.3 Å². The number of hydrogen-bond acceptors (Lipinski definition) is 14. The molecule has 0 radical (unpaired) electrons. The molecule has 4 aliphatic rings. The number of carbonyl (C=O) groups excluding carboxylic acids is 2. The molecule has 1 saturated heterocycles. The molecular weight excluding hydrogens is 579 g/mol. The molecule has 0 saturated carbocycles. The maximum absolute atomic E-state index is 13.3. The number of carboxylic acids is 1. The van der Waals surface area contributed by atoms with Crippen LogP contribution in [-0.2, 0) is 19.2 Å². The topological polar surface area (TPSA) is 178 Å². The molecule has 1 fully saturated rings. The van der Waals surface area contributed by atoms with E-state index in [1.165, 1.54) is 33.1 Å². The van der Waals surface area contributed by atoms with Crippen molar-refractivity contribution in [3.63, 3.8) is 0 Å². The first-order chi connectivity index (χ1) is 19.4. The quantitative estimate of drug-likeness (QED) is 0.0930. The SMILES string of the molecule is C=CCN1C=NN(SCC2=C(C(=O)O)N3C(=O)C(NC(=O)C(=NOC4C=CCCC4)c4csc(N)n4)[C@H]3SC2)N1. The van der Waals surface area contributed by atoms with Crippen LogP contribution < -0.4 is 16.6 Å². The predicted octanol–water partition coefficient (Wildman–Crippen LogP) is 1.11. The summed E-state index contributed by atoms with van der Waals surface area (Å²) in [4.78, 5) is 49.6. The number of nitrogens with one attached hydrogen (secondary N) is 2. The number of β-lactam (4-membered cyclic amide) rings is 1. The number of allylic oxidation sites excluding steroid dienone is 1. The van der Waals surface area contributed by atoms with Crippen LogP contribution in [0.4, 0.5) is 5.13 Å². The Morgan fingerprint density at radius 3 is 3.00 bits per heavy atom. The number of aromatic nitrogens is 1. The van der Waals surface area contributed by atoms with Crippen LogP contribution in [0.15, 0.2) is 51.7 Å². The number of nitrogens with two attached hydrogens (primary N) is 1. The molecule has 1 aromatic rings. The molecule has 5 rings (SSSR count). The van der Waals surface area contributed by atoms with Crippen molar-refractivity contribution in [1.82, 2.24) is 30.3 Å². The van der Waals surface area contributed by atoms with Crippen LogP contribution in [0.25, 0.3) is 0 Å². The number of carboxylic acid groups (broad SMARTS) is 1. The van der Waals surface area contributed by atoms with Crippen LogP contribution in [0.3, 0.4) is 0 Å². The lowest BCUT2D eigenvalue weighted by atomic mass is 10.0. The summed E-state index contributed by atoms with van der Waals surface area (Å²) >= 11 is 3.78. The number of hydrogen-bond donors (Lipinski definition) is 4.